The number of urea groups is 1. The first kappa shape index (κ1) is 19.3. The summed E-state index contributed by atoms with van der Waals surface area (Å²) < 4.78 is 6.99. The van der Waals surface area contributed by atoms with Gasteiger partial charge in [0.25, 0.3) is 0 Å². The van der Waals surface area contributed by atoms with Gasteiger partial charge in [-0.2, -0.15) is 0 Å². The number of benzene rings is 2. The zero-order valence-corrected chi connectivity index (χ0v) is 16.8. The molecule has 2 aromatic carbocycles. The number of carbonyl (C=O) groups is 1. The Kier molecular flexibility index (Phi) is 6.88. The maximum atomic E-state index is 12.2. The van der Waals surface area contributed by atoms with E-state index < -0.39 is 0 Å². The molecule has 0 aliphatic rings. The van der Waals surface area contributed by atoms with E-state index in [2.05, 4.69) is 47.2 Å². The molecule has 0 aromatic heterocycles. The second-order valence-electron chi connectivity index (χ2n) is 5.78. The van der Waals surface area contributed by atoms with Crippen molar-refractivity contribution in [2.75, 3.05) is 18.5 Å². The van der Waals surface area contributed by atoms with E-state index in [9.17, 15) is 4.79 Å². The standard InChI is InChI=1S/C20H25BrN2O2/c1-5-15-10-11-19(14(3)12-15)25-13-16-17(21)8-7-9-18(16)23(6-2)20(24)22-4/h7-12H,5-6,13H2,1-4H3,(H,22,24). The number of carbonyl (C=O) groups excluding carboxylic acids is 1. The first-order valence-electron chi connectivity index (χ1n) is 8.50. The normalized spacial score (nSPS) is 10.4. The lowest BCUT2D eigenvalue weighted by Gasteiger charge is -2.24. The molecule has 25 heavy (non-hydrogen) atoms. The Morgan fingerprint density at radius 2 is 2.00 bits per heavy atom. The summed E-state index contributed by atoms with van der Waals surface area (Å²) in [5, 5.41) is 2.69. The molecule has 0 atom stereocenters. The van der Waals surface area contributed by atoms with Gasteiger partial charge in [-0.15, -0.1) is 0 Å². The number of hydrogen-bond acceptors (Lipinski definition) is 2. The Labute approximate surface area is 158 Å². The fraction of sp³-hybridized carbons (Fsp3) is 0.350. The maximum absolute atomic E-state index is 12.2. The summed E-state index contributed by atoms with van der Waals surface area (Å²) >= 11 is 3.59. The Balaban J connectivity index is 2.29. The highest BCUT2D eigenvalue weighted by atomic mass is 79.9. The lowest BCUT2D eigenvalue weighted by atomic mass is 10.1. The number of anilines is 1. The number of nitrogens with one attached hydrogen (secondary N) is 1. The predicted molar refractivity (Wildman–Crippen MR) is 107 cm³/mol. The summed E-state index contributed by atoms with van der Waals surface area (Å²) in [5.74, 6) is 0.863. The van der Waals surface area contributed by atoms with Crippen LogP contribution in [0, 0.1) is 6.92 Å². The molecule has 0 saturated carbocycles. The highest BCUT2D eigenvalue weighted by Crippen LogP contribution is 2.30. The van der Waals surface area contributed by atoms with Gasteiger partial charge in [-0.05, 0) is 49.6 Å². The van der Waals surface area contributed by atoms with Gasteiger partial charge in [-0.25, -0.2) is 4.79 Å². The first-order valence-corrected chi connectivity index (χ1v) is 9.30. The largest absolute Gasteiger partial charge is 0.489 e. The third-order valence-corrected chi connectivity index (χ3v) is 4.92. The lowest BCUT2D eigenvalue weighted by Crippen LogP contribution is -2.38. The van der Waals surface area contributed by atoms with Gasteiger partial charge < -0.3 is 10.1 Å². The monoisotopic (exact) mass is 404 g/mol. The second-order valence-corrected chi connectivity index (χ2v) is 6.63. The molecule has 0 spiro atoms. The van der Waals surface area contributed by atoms with Crippen LogP contribution < -0.4 is 15.0 Å². The average molecular weight is 405 g/mol. The summed E-state index contributed by atoms with van der Waals surface area (Å²) in [7, 11) is 1.64. The molecular weight excluding hydrogens is 380 g/mol. The number of aryl methyl sites for hydroxylation is 2. The zero-order chi connectivity index (χ0) is 18.4. The number of rotatable bonds is 6. The van der Waals surface area contributed by atoms with Crippen molar-refractivity contribution in [1.82, 2.24) is 5.32 Å². The summed E-state index contributed by atoms with van der Waals surface area (Å²) in [4.78, 5) is 13.9. The predicted octanol–water partition coefficient (Wildman–Crippen LogP) is 5.06. The SMILES string of the molecule is CCc1ccc(OCc2c(Br)cccc2N(CC)C(=O)NC)c(C)c1. The molecule has 2 aromatic rings. The number of ether oxygens (including phenoxy) is 1. The van der Waals surface area contributed by atoms with E-state index in [1.54, 1.807) is 11.9 Å². The molecule has 2 amide bonds. The van der Waals surface area contributed by atoms with E-state index in [-0.39, 0.29) is 6.03 Å². The molecule has 5 heteroatoms. The number of amides is 2. The number of halogens is 1. The molecule has 0 unspecified atom stereocenters. The minimum atomic E-state index is -0.134. The van der Waals surface area contributed by atoms with E-state index in [0.29, 0.717) is 13.2 Å². The van der Waals surface area contributed by atoms with Crippen LogP contribution in [-0.4, -0.2) is 19.6 Å². The third kappa shape index (κ3) is 4.54. The molecule has 0 fully saturated rings. The molecule has 0 heterocycles. The van der Waals surface area contributed by atoms with Gasteiger partial charge in [-0.1, -0.05) is 41.1 Å². The van der Waals surface area contributed by atoms with Crippen LogP contribution in [0.25, 0.3) is 0 Å². The smallest absolute Gasteiger partial charge is 0.321 e. The topological polar surface area (TPSA) is 41.6 Å². The molecule has 1 N–H and O–H groups in total. The van der Waals surface area contributed by atoms with Crippen LogP contribution in [0.15, 0.2) is 40.9 Å². The van der Waals surface area contributed by atoms with Gasteiger partial charge in [-0.3, -0.25) is 4.90 Å². The second kappa shape index (κ2) is 8.90. The van der Waals surface area contributed by atoms with E-state index >= 15 is 0 Å². The number of hydrogen-bond donors (Lipinski definition) is 1. The van der Waals surface area contributed by atoms with Crippen LogP contribution in [0.4, 0.5) is 10.5 Å². The average Bonchev–Trinajstić information content (AvgIpc) is 2.62. The molecule has 2 rings (SSSR count). The van der Waals surface area contributed by atoms with Crippen molar-refractivity contribution in [3.63, 3.8) is 0 Å². The molecule has 0 saturated heterocycles. The van der Waals surface area contributed by atoms with Gasteiger partial charge in [0.1, 0.15) is 12.4 Å². The minimum absolute atomic E-state index is 0.134. The van der Waals surface area contributed by atoms with Crippen molar-refractivity contribution in [2.45, 2.75) is 33.8 Å². The fourth-order valence-corrected chi connectivity index (χ4v) is 3.21. The van der Waals surface area contributed by atoms with Crippen LogP contribution in [0.1, 0.15) is 30.5 Å². The van der Waals surface area contributed by atoms with E-state index in [4.69, 9.17) is 4.74 Å². The molecule has 0 aliphatic heterocycles. The number of nitrogens with zero attached hydrogens (tertiary/aromatic N) is 1. The van der Waals surface area contributed by atoms with Gasteiger partial charge >= 0.3 is 6.03 Å². The molecular formula is C20H25BrN2O2. The van der Waals surface area contributed by atoms with Crippen molar-refractivity contribution >= 4 is 27.6 Å². The van der Waals surface area contributed by atoms with Gasteiger partial charge in [0.15, 0.2) is 0 Å². The van der Waals surface area contributed by atoms with Crippen LogP contribution in [-0.2, 0) is 13.0 Å². The van der Waals surface area contributed by atoms with Crippen LogP contribution in [0.2, 0.25) is 0 Å². The van der Waals surface area contributed by atoms with Gasteiger partial charge in [0.05, 0.1) is 5.69 Å². The quantitative estimate of drug-likeness (QED) is 0.730. The van der Waals surface area contributed by atoms with Crippen molar-refractivity contribution in [2.24, 2.45) is 0 Å². The van der Waals surface area contributed by atoms with Crippen molar-refractivity contribution < 1.29 is 9.53 Å². The lowest BCUT2D eigenvalue weighted by molar-refractivity contribution is 0.248. The Bertz CT molecular complexity index is 746. The van der Waals surface area contributed by atoms with E-state index in [1.807, 2.05) is 31.2 Å². The molecule has 134 valence electrons. The van der Waals surface area contributed by atoms with Crippen molar-refractivity contribution in [1.29, 1.82) is 0 Å². The summed E-state index contributed by atoms with van der Waals surface area (Å²) in [6, 6.07) is 12.0. The Morgan fingerprint density at radius 1 is 1.24 bits per heavy atom. The molecule has 0 bridgehead atoms. The van der Waals surface area contributed by atoms with Gasteiger partial charge in [0.2, 0.25) is 0 Å². The van der Waals surface area contributed by atoms with Crippen LogP contribution in [0.3, 0.4) is 0 Å². The summed E-state index contributed by atoms with van der Waals surface area (Å²) in [6.45, 7) is 7.11. The molecule has 0 aliphatic carbocycles. The van der Waals surface area contributed by atoms with E-state index in [1.165, 1.54) is 5.56 Å². The minimum Gasteiger partial charge on any atom is -0.489 e. The highest BCUT2D eigenvalue weighted by Gasteiger charge is 2.18. The Morgan fingerprint density at radius 3 is 2.60 bits per heavy atom. The molecule has 0 radical (unpaired) electrons. The molecule has 4 nitrogen and oxygen atoms in total. The van der Waals surface area contributed by atoms with E-state index in [0.717, 1.165) is 33.5 Å². The summed E-state index contributed by atoms with van der Waals surface area (Å²) in [5.41, 5.74) is 4.21. The third-order valence-electron chi connectivity index (χ3n) is 4.18. The maximum Gasteiger partial charge on any atom is 0.321 e. The Hall–Kier alpha value is -2.01. The van der Waals surface area contributed by atoms with Crippen molar-refractivity contribution in [3.8, 4) is 5.75 Å². The highest BCUT2D eigenvalue weighted by molar-refractivity contribution is 9.10. The zero-order valence-electron chi connectivity index (χ0n) is 15.2. The first-order chi connectivity index (χ1) is 12.0. The van der Waals surface area contributed by atoms with Gasteiger partial charge in [0, 0.05) is 23.6 Å². The summed E-state index contributed by atoms with van der Waals surface area (Å²) in [6.07, 6.45) is 1.01. The van der Waals surface area contributed by atoms with Crippen LogP contribution in [0.5, 0.6) is 5.75 Å². The van der Waals surface area contributed by atoms with Crippen molar-refractivity contribution in [3.05, 3.63) is 57.6 Å². The van der Waals surface area contributed by atoms with Crippen LogP contribution >= 0.6 is 15.9 Å². The fourth-order valence-electron chi connectivity index (χ4n) is 2.74.